The molecule has 5 nitrogen and oxygen atoms in total. The average Bonchev–Trinajstić information content (AvgIpc) is 2.61. The van der Waals surface area contributed by atoms with Gasteiger partial charge in [-0.2, -0.15) is 0 Å². The van der Waals surface area contributed by atoms with E-state index in [0.717, 1.165) is 12.1 Å². The van der Waals surface area contributed by atoms with Gasteiger partial charge in [-0.1, -0.05) is 18.2 Å². The average molecular weight is 368 g/mol. The Hall–Kier alpha value is -2.32. The van der Waals surface area contributed by atoms with E-state index in [-0.39, 0.29) is 30.2 Å². The zero-order valence-corrected chi connectivity index (χ0v) is 14.4. The van der Waals surface area contributed by atoms with Crippen molar-refractivity contribution < 1.29 is 22.0 Å². The van der Waals surface area contributed by atoms with Crippen LogP contribution in [-0.4, -0.2) is 21.4 Å². The van der Waals surface area contributed by atoms with E-state index >= 15 is 0 Å². The smallest absolute Gasteiger partial charge is 0.240 e. The first-order valence-electron chi connectivity index (χ1n) is 7.55. The fourth-order valence-electron chi connectivity index (χ4n) is 2.18. The van der Waals surface area contributed by atoms with E-state index in [4.69, 9.17) is 0 Å². The third-order valence-corrected chi connectivity index (χ3v) is 5.00. The second kappa shape index (κ2) is 8.17. The molecule has 0 spiro atoms. The minimum atomic E-state index is -3.54. The highest BCUT2D eigenvalue weighted by molar-refractivity contribution is 7.89. The van der Waals surface area contributed by atoms with Crippen LogP contribution in [0.15, 0.2) is 47.4 Å². The number of carbonyl (C=O) groups is 1. The molecule has 2 aromatic carbocycles. The number of halogens is 2. The second-order valence-electron chi connectivity index (χ2n) is 5.38. The predicted octanol–water partition coefficient (Wildman–Crippen LogP) is 2.12. The molecule has 134 valence electrons. The van der Waals surface area contributed by atoms with Gasteiger partial charge in [0.2, 0.25) is 15.9 Å². The summed E-state index contributed by atoms with van der Waals surface area (Å²) >= 11 is 0. The number of nitrogens with one attached hydrogen (secondary N) is 2. The van der Waals surface area contributed by atoms with Crippen LogP contribution in [0.1, 0.15) is 17.5 Å². The molecule has 0 atom stereocenters. The quantitative estimate of drug-likeness (QED) is 0.786. The van der Waals surface area contributed by atoms with Crippen LogP contribution in [0.4, 0.5) is 8.78 Å². The largest absolute Gasteiger partial charge is 0.352 e. The molecule has 1 amide bonds. The highest BCUT2D eigenvalue weighted by atomic mass is 32.2. The van der Waals surface area contributed by atoms with Gasteiger partial charge in [-0.3, -0.25) is 4.79 Å². The van der Waals surface area contributed by atoms with Gasteiger partial charge in [-0.25, -0.2) is 21.9 Å². The maximum atomic E-state index is 13.1. The molecular formula is C17H18F2N2O3S. The molecule has 0 heterocycles. The van der Waals surface area contributed by atoms with Gasteiger partial charge in [0.05, 0.1) is 4.90 Å². The summed E-state index contributed by atoms with van der Waals surface area (Å²) < 4.78 is 51.7. The molecule has 0 saturated carbocycles. The number of aryl methyl sites for hydroxylation is 1. The molecule has 0 aliphatic rings. The van der Waals surface area contributed by atoms with E-state index < -0.39 is 21.7 Å². The highest BCUT2D eigenvalue weighted by Crippen LogP contribution is 2.12. The molecule has 0 saturated heterocycles. The summed E-state index contributed by atoms with van der Waals surface area (Å²) in [7, 11) is -2.22. The summed E-state index contributed by atoms with van der Waals surface area (Å²) in [5.41, 5.74) is 1.16. The van der Waals surface area contributed by atoms with E-state index in [9.17, 15) is 22.0 Å². The Morgan fingerprint density at radius 2 is 1.80 bits per heavy atom. The van der Waals surface area contributed by atoms with Gasteiger partial charge >= 0.3 is 0 Å². The summed E-state index contributed by atoms with van der Waals surface area (Å²) in [5, 5.41) is 2.67. The molecule has 0 aromatic heterocycles. The number of hydrogen-bond donors (Lipinski definition) is 2. The minimum absolute atomic E-state index is 0.111. The molecule has 8 heteroatoms. The summed E-state index contributed by atoms with van der Waals surface area (Å²) in [5.74, 6) is -2.14. The lowest BCUT2D eigenvalue weighted by Crippen LogP contribution is -2.23. The van der Waals surface area contributed by atoms with Crippen molar-refractivity contribution in [2.45, 2.75) is 24.3 Å². The summed E-state index contributed by atoms with van der Waals surface area (Å²) in [6.07, 6.45) is 0.386. The number of hydrogen-bond acceptors (Lipinski definition) is 3. The topological polar surface area (TPSA) is 75.3 Å². The van der Waals surface area contributed by atoms with Crippen molar-refractivity contribution in [3.63, 3.8) is 0 Å². The van der Waals surface area contributed by atoms with Crippen LogP contribution < -0.4 is 10.0 Å². The second-order valence-corrected chi connectivity index (χ2v) is 7.27. The first-order chi connectivity index (χ1) is 11.8. The summed E-state index contributed by atoms with van der Waals surface area (Å²) in [4.78, 5) is 12.0. The molecule has 2 rings (SSSR count). The van der Waals surface area contributed by atoms with Gasteiger partial charge in [0.1, 0.15) is 0 Å². The molecule has 0 radical (unpaired) electrons. The lowest BCUT2D eigenvalue weighted by molar-refractivity contribution is -0.121. The van der Waals surface area contributed by atoms with Crippen LogP contribution in [0, 0.1) is 11.6 Å². The first kappa shape index (κ1) is 19.0. The zero-order valence-electron chi connectivity index (χ0n) is 13.6. The van der Waals surface area contributed by atoms with Crippen molar-refractivity contribution in [1.29, 1.82) is 0 Å². The minimum Gasteiger partial charge on any atom is -0.352 e. The molecule has 0 aliphatic carbocycles. The van der Waals surface area contributed by atoms with Crippen molar-refractivity contribution in [3.05, 3.63) is 65.2 Å². The summed E-state index contributed by atoms with van der Waals surface area (Å²) in [6.45, 7) is 0.170. The van der Waals surface area contributed by atoms with Crippen molar-refractivity contribution in [2.24, 2.45) is 0 Å². The molecule has 0 fully saturated rings. The first-order valence-corrected chi connectivity index (χ1v) is 9.03. The third-order valence-electron chi connectivity index (χ3n) is 3.59. The molecule has 2 N–H and O–H groups in total. The fraction of sp³-hybridized carbons (Fsp3) is 0.235. The Balaban J connectivity index is 1.90. The number of carbonyl (C=O) groups excluding carboxylic acids is 1. The van der Waals surface area contributed by atoms with Crippen LogP contribution in [0.25, 0.3) is 0 Å². The van der Waals surface area contributed by atoms with Gasteiger partial charge < -0.3 is 5.32 Å². The standard InChI is InChI=1S/C17H18F2N2O3S/c1-20-25(23,24)14-4-2-3-13(9-14)11-21-17(22)8-6-12-5-7-15(18)16(19)10-12/h2-5,7,9-10,20H,6,8,11H2,1H3,(H,21,22). The van der Waals surface area contributed by atoms with Crippen molar-refractivity contribution >= 4 is 15.9 Å². The van der Waals surface area contributed by atoms with Gasteiger partial charge in [0, 0.05) is 13.0 Å². The Kier molecular flexibility index (Phi) is 6.22. The number of benzene rings is 2. The van der Waals surface area contributed by atoms with E-state index in [2.05, 4.69) is 10.0 Å². The van der Waals surface area contributed by atoms with Gasteiger partial charge in [0.25, 0.3) is 0 Å². The Morgan fingerprint density at radius 3 is 2.48 bits per heavy atom. The van der Waals surface area contributed by atoms with Crippen molar-refractivity contribution in [3.8, 4) is 0 Å². The SMILES string of the molecule is CNS(=O)(=O)c1cccc(CNC(=O)CCc2ccc(F)c(F)c2)c1. The van der Waals surface area contributed by atoms with E-state index in [0.29, 0.717) is 11.1 Å². The van der Waals surface area contributed by atoms with Crippen LogP contribution in [0.3, 0.4) is 0 Å². The van der Waals surface area contributed by atoms with Gasteiger partial charge in [0.15, 0.2) is 11.6 Å². The van der Waals surface area contributed by atoms with E-state index in [1.54, 1.807) is 12.1 Å². The lowest BCUT2D eigenvalue weighted by atomic mass is 10.1. The number of rotatable bonds is 7. The van der Waals surface area contributed by atoms with Crippen LogP contribution in [0.2, 0.25) is 0 Å². The normalized spacial score (nSPS) is 11.3. The maximum Gasteiger partial charge on any atom is 0.240 e. The lowest BCUT2D eigenvalue weighted by Gasteiger charge is -2.08. The van der Waals surface area contributed by atoms with Crippen molar-refractivity contribution in [2.75, 3.05) is 7.05 Å². The molecule has 2 aromatic rings. The molecule has 0 aliphatic heterocycles. The molecule has 0 unspecified atom stereocenters. The Morgan fingerprint density at radius 1 is 1.04 bits per heavy atom. The van der Waals surface area contributed by atoms with Crippen molar-refractivity contribution in [1.82, 2.24) is 10.0 Å². The summed E-state index contributed by atoms with van der Waals surface area (Å²) in [6, 6.07) is 9.74. The van der Waals surface area contributed by atoms with Crippen LogP contribution >= 0.6 is 0 Å². The fourth-order valence-corrected chi connectivity index (χ4v) is 2.98. The molecular weight excluding hydrogens is 350 g/mol. The van der Waals surface area contributed by atoms with E-state index in [1.165, 1.54) is 25.2 Å². The van der Waals surface area contributed by atoms with Gasteiger partial charge in [-0.15, -0.1) is 0 Å². The Bertz CT molecular complexity index is 870. The van der Waals surface area contributed by atoms with Crippen LogP contribution in [-0.2, 0) is 27.8 Å². The zero-order chi connectivity index (χ0) is 18.4. The van der Waals surface area contributed by atoms with Crippen LogP contribution in [0.5, 0.6) is 0 Å². The third kappa shape index (κ3) is 5.33. The Labute approximate surface area is 145 Å². The molecule has 0 bridgehead atoms. The predicted molar refractivity (Wildman–Crippen MR) is 89.2 cm³/mol. The maximum absolute atomic E-state index is 13.1. The van der Waals surface area contributed by atoms with Gasteiger partial charge in [-0.05, 0) is 48.9 Å². The number of sulfonamides is 1. The molecule has 25 heavy (non-hydrogen) atoms. The number of amides is 1. The van der Waals surface area contributed by atoms with E-state index in [1.807, 2.05) is 0 Å². The highest BCUT2D eigenvalue weighted by Gasteiger charge is 2.12. The monoisotopic (exact) mass is 368 g/mol.